The van der Waals surface area contributed by atoms with Crippen molar-refractivity contribution in [2.75, 3.05) is 0 Å². The molecule has 1 rings (SSSR count). The number of hydrogen-bond acceptors (Lipinski definition) is 3. The highest BCUT2D eigenvalue weighted by molar-refractivity contribution is 5.87. The molecule has 4 heteroatoms. The topological polar surface area (TPSA) is 63.6 Å². The van der Waals surface area contributed by atoms with Gasteiger partial charge < -0.3 is 9.84 Å². The number of rotatable bonds is 7. The predicted molar refractivity (Wildman–Crippen MR) is 66.9 cm³/mol. The molecule has 18 heavy (non-hydrogen) atoms. The highest BCUT2D eigenvalue weighted by atomic mass is 16.5. The lowest BCUT2D eigenvalue weighted by atomic mass is 10.1. The predicted octanol–water partition coefficient (Wildman–Crippen LogP) is 2.54. The maximum absolute atomic E-state index is 11.5. The Hall–Kier alpha value is -2.10. The van der Waals surface area contributed by atoms with Gasteiger partial charge >= 0.3 is 11.9 Å². The van der Waals surface area contributed by atoms with Crippen molar-refractivity contribution in [3.63, 3.8) is 0 Å². The third-order valence-electron chi connectivity index (χ3n) is 2.37. The Morgan fingerprint density at radius 2 is 1.83 bits per heavy atom. The zero-order chi connectivity index (χ0) is 13.4. The van der Waals surface area contributed by atoms with Crippen LogP contribution in [0, 0.1) is 0 Å². The Bertz CT molecular complexity index is 423. The van der Waals surface area contributed by atoms with Gasteiger partial charge in [-0.1, -0.05) is 36.9 Å². The first kappa shape index (κ1) is 14.0. The molecule has 0 aliphatic heterocycles. The van der Waals surface area contributed by atoms with Crippen LogP contribution < -0.4 is 0 Å². The molecule has 0 atom stereocenters. The molecule has 0 heterocycles. The molecule has 0 radical (unpaired) electrons. The molecule has 0 unspecified atom stereocenters. The standard InChI is InChI=1S/C14H16O4/c1-11(6-5-9-13(15)16)14(17)18-10-12-7-3-2-4-8-12/h2-4,7-8H,1,5-6,9-10H2,(H,15,16). The van der Waals surface area contributed by atoms with Crippen molar-refractivity contribution in [1.82, 2.24) is 0 Å². The van der Waals surface area contributed by atoms with E-state index >= 15 is 0 Å². The first-order chi connectivity index (χ1) is 8.59. The lowest BCUT2D eigenvalue weighted by Crippen LogP contribution is -2.07. The second kappa shape index (κ2) is 7.27. The van der Waals surface area contributed by atoms with Crippen molar-refractivity contribution in [1.29, 1.82) is 0 Å². The van der Waals surface area contributed by atoms with E-state index in [-0.39, 0.29) is 13.0 Å². The maximum Gasteiger partial charge on any atom is 0.333 e. The average Bonchev–Trinajstić information content (AvgIpc) is 2.36. The van der Waals surface area contributed by atoms with Crippen molar-refractivity contribution in [3.8, 4) is 0 Å². The van der Waals surface area contributed by atoms with Gasteiger partial charge in [-0.25, -0.2) is 4.79 Å². The van der Waals surface area contributed by atoms with Crippen LogP contribution in [-0.4, -0.2) is 17.0 Å². The SMILES string of the molecule is C=C(CCCC(=O)O)C(=O)OCc1ccccc1. The minimum Gasteiger partial charge on any atom is -0.481 e. The zero-order valence-corrected chi connectivity index (χ0v) is 10.1. The molecule has 0 spiro atoms. The molecular weight excluding hydrogens is 232 g/mol. The first-order valence-electron chi connectivity index (χ1n) is 5.70. The molecule has 1 N–H and O–H groups in total. The van der Waals surface area contributed by atoms with E-state index in [0.717, 1.165) is 5.56 Å². The third-order valence-corrected chi connectivity index (χ3v) is 2.37. The molecule has 0 saturated carbocycles. The van der Waals surface area contributed by atoms with E-state index in [0.29, 0.717) is 18.4 Å². The van der Waals surface area contributed by atoms with Crippen LogP contribution >= 0.6 is 0 Å². The minimum atomic E-state index is -0.875. The van der Waals surface area contributed by atoms with Crippen molar-refractivity contribution < 1.29 is 19.4 Å². The minimum absolute atomic E-state index is 0.0327. The molecule has 0 saturated heterocycles. The maximum atomic E-state index is 11.5. The van der Waals surface area contributed by atoms with Gasteiger partial charge in [0.25, 0.3) is 0 Å². The summed E-state index contributed by atoms with van der Waals surface area (Å²) < 4.78 is 5.06. The number of carbonyl (C=O) groups excluding carboxylic acids is 1. The van der Waals surface area contributed by atoms with E-state index in [2.05, 4.69) is 6.58 Å². The molecule has 0 fully saturated rings. The van der Waals surface area contributed by atoms with E-state index in [1.54, 1.807) is 0 Å². The monoisotopic (exact) mass is 248 g/mol. The van der Waals surface area contributed by atoms with Crippen LogP contribution in [0.2, 0.25) is 0 Å². The summed E-state index contributed by atoms with van der Waals surface area (Å²) in [6.07, 6.45) is 0.777. The number of benzene rings is 1. The Kier molecular flexibility index (Phi) is 5.64. The lowest BCUT2D eigenvalue weighted by Gasteiger charge is -2.06. The molecule has 4 nitrogen and oxygen atoms in total. The number of carboxylic acids is 1. The number of carbonyl (C=O) groups is 2. The fourth-order valence-corrected chi connectivity index (χ4v) is 1.38. The molecule has 1 aromatic carbocycles. The Morgan fingerprint density at radius 1 is 1.17 bits per heavy atom. The van der Waals surface area contributed by atoms with Gasteiger partial charge in [-0.15, -0.1) is 0 Å². The van der Waals surface area contributed by atoms with Crippen LogP contribution in [0.25, 0.3) is 0 Å². The smallest absolute Gasteiger partial charge is 0.333 e. The summed E-state index contributed by atoms with van der Waals surface area (Å²) in [5.74, 6) is -1.34. The van der Waals surface area contributed by atoms with Gasteiger partial charge in [-0.2, -0.15) is 0 Å². The fourth-order valence-electron chi connectivity index (χ4n) is 1.38. The molecule has 0 aromatic heterocycles. The molecule has 0 aliphatic rings. The first-order valence-corrected chi connectivity index (χ1v) is 5.70. The van der Waals surface area contributed by atoms with Crippen LogP contribution in [0.5, 0.6) is 0 Å². The number of ether oxygens (including phenoxy) is 1. The molecule has 0 bridgehead atoms. The van der Waals surface area contributed by atoms with Crippen molar-refractivity contribution >= 4 is 11.9 Å². The summed E-state index contributed by atoms with van der Waals surface area (Å²) in [6.45, 7) is 3.80. The number of carboxylic acid groups (broad SMARTS) is 1. The van der Waals surface area contributed by atoms with E-state index in [1.165, 1.54) is 0 Å². The Morgan fingerprint density at radius 3 is 2.44 bits per heavy atom. The number of esters is 1. The molecule has 1 aromatic rings. The summed E-state index contributed by atoms with van der Waals surface area (Å²) in [4.78, 5) is 21.8. The number of hydrogen-bond donors (Lipinski definition) is 1. The van der Waals surface area contributed by atoms with Crippen molar-refractivity contribution in [3.05, 3.63) is 48.0 Å². The van der Waals surface area contributed by atoms with E-state index in [4.69, 9.17) is 9.84 Å². The summed E-state index contributed by atoms with van der Waals surface area (Å²) >= 11 is 0. The van der Waals surface area contributed by atoms with E-state index in [9.17, 15) is 9.59 Å². The molecule has 0 amide bonds. The number of aliphatic carboxylic acids is 1. The molecule has 0 aliphatic carbocycles. The fraction of sp³-hybridized carbons (Fsp3) is 0.286. The van der Waals surface area contributed by atoms with Crippen LogP contribution in [0.4, 0.5) is 0 Å². The highest BCUT2D eigenvalue weighted by Gasteiger charge is 2.09. The van der Waals surface area contributed by atoms with Gasteiger partial charge in [0.2, 0.25) is 0 Å². The van der Waals surface area contributed by atoms with Crippen LogP contribution in [0.3, 0.4) is 0 Å². The summed E-state index contributed by atoms with van der Waals surface area (Å²) in [7, 11) is 0. The molecular formula is C14H16O4. The van der Waals surface area contributed by atoms with E-state index < -0.39 is 11.9 Å². The van der Waals surface area contributed by atoms with Crippen LogP contribution in [0.15, 0.2) is 42.5 Å². The Labute approximate surface area is 106 Å². The summed E-state index contributed by atoms with van der Waals surface area (Å²) in [5.41, 5.74) is 1.22. The van der Waals surface area contributed by atoms with E-state index in [1.807, 2.05) is 30.3 Å². The summed E-state index contributed by atoms with van der Waals surface area (Å²) in [6, 6.07) is 9.34. The van der Waals surface area contributed by atoms with Crippen LogP contribution in [-0.2, 0) is 20.9 Å². The average molecular weight is 248 g/mol. The van der Waals surface area contributed by atoms with Gasteiger partial charge in [0.1, 0.15) is 6.61 Å². The highest BCUT2D eigenvalue weighted by Crippen LogP contribution is 2.09. The zero-order valence-electron chi connectivity index (χ0n) is 10.1. The van der Waals surface area contributed by atoms with Gasteiger partial charge in [0.15, 0.2) is 0 Å². The van der Waals surface area contributed by atoms with Gasteiger partial charge in [-0.3, -0.25) is 4.79 Å². The summed E-state index contributed by atoms with van der Waals surface area (Å²) in [5, 5.41) is 8.47. The van der Waals surface area contributed by atoms with Crippen molar-refractivity contribution in [2.45, 2.75) is 25.9 Å². The van der Waals surface area contributed by atoms with Crippen LogP contribution in [0.1, 0.15) is 24.8 Å². The largest absolute Gasteiger partial charge is 0.481 e. The molecule has 96 valence electrons. The second-order valence-electron chi connectivity index (χ2n) is 3.91. The van der Waals surface area contributed by atoms with Gasteiger partial charge in [0, 0.05) is 12.0 Å². The lowest BCUT2D eigenvalue weighted by molar-refractivity contribution is -0.141. The normalized spacial score (nSPS) is 9.78. The third kappa shape index (κ3) is 5.30. The van der Waals surface area contributed by atoms with Gasteiger partial charge in [-0.05, 0) is 18.4 Å². The van der Waals surface area contributed by atoms with Gasteiger partial charge in [0.05, 0.1) is 0 Å². The van der Waals surface area contributed by atoms with Crippen molar-refractivity contribution in [2.24, 2.45) is 0 Å². The Balaban J connectivity index is 2.28. The second-order valence-corrected chi connectivity index (χ2v) is 3.91. The quantitative estimate of drug-likeness (QED) is 0.595.